The molecular formula is C15H20NO+. The summed E-state index contributed by atoms with van der Waals surface area (Å²) >= 11 is 0. The predicted octanol–water partition coefficient (Wildman–Crippen LogP) is 2.32. The minimum atomic E-state index is 0.621. The Morgan fingerprint density at radius 3 is 2.41 bits per heavy atom. The summed E-state index contributed by atoms with van der Waals surface area (Å²) in [6.07, 6.45) is 0. The van der Waals surface area contributed by atoms with Gasteiger partial charge in [0.1, 0.15) is 12.3 Å². The summed E-state index contributed by atoms with van der Waals surface area (Å²) in [5.74, 6) is 0.953. The van der Waals surface area contributed by atoms with Crippen LogP contribution in [0, 0.1) is 0 Å². The first kappa shape index (κ1) is 11.9. The Balaban J connectivity index is 2.43. The second-order valence-corrected chi connectivity index (χ2v) is 4.66. The van der Waals surface area contributed by atoms with E-state index in [-0.39, 0.29) is 0 Å². The van der Waals surface area contributed by atoms with Gasteiger partial charge < -0.3 is 10.1 Å². The molecule has 0 saturated heterocycles. The highest BCUT2D eigenvalue weighted by Gasteiger charge is 2.07. The van der Waals surface area contributed by atoms with E-state index in [4.69, 9.17) is 4.74 Å². The van der Waals surface area contributed by atoms with Crippen molar-refractivity contribution in [2.75, 3.05) is 7.11 Å². The van der Waals surface area contributed by atoms with Gasteiger partial charge in [-0.2, -0.15) is 0 Å². The summed E-state index contributed by atoms with van der Waals surface area (Å²) < 4.78 is 5.40. The van der Waals surface area contributed by atoms with Crippen LogP contribution in [0.3, 0.4) is 0 Å². The lowest BCUT2D eigenvalue weighted by atomic mass is 10.0. The number of benzene rings is 2. The third-order valence-corrected chi connectivity index (χ3v) is 3.00. The zero-order valence-electron chi connectivity index (χ0n) is 10.7. The highest BCUT2D eigenvalue weighted by molar-refractivity contribution is 5.90. The number of ether oxygens (including phenoxy) is 1. The molecule has 0 atom stereocenters. The molecule has 0 heterocycles. The lowest BCUT2D eigenvalue weighted by molar-refractivity contribution is -0.697. The monoisotopic (exact) mass is 230 g/mol. The average molecular weight is 230 g/mol. The molecule has 2 nitrogen and oxygen atoms in total. The Hall–Kier alpha value is -1.54. The topological polar surface area (TPSA) is 25.8 Å². The summed E-state index contributed by atoms with van der Waals surface area (Å²) in [4.78, 5) is 0. The van der Waals surface area contributed by atoms with Crippen LogP contribution in [0.25, 0.3) is 10.8 Å². The second-order valence-electron chi connectivity index (χ2n) is 4.66. The first-order valence-corrected chi connectivity index (χ1v) is 6.10. The largest absolute Gasteiger partial charge is 0.496 e. The number of quaternary nitrogens is 1. The molecule has 0 aliphatic heterocycles. The molecular weight excluding hydrogens is 210 g/mol. The minimum absolute atomic E-state index is 0.621. The van der Waals surface area contributed by atoms with E-state index in [1.807, 2.05) is 0 Å². The van der Waals surface area contributed by atoms with Crippen LogP contribution in [0.5, 0.6) is 5.75 Å². The third-order valence-electron chi connectivity index (χ3n) is 3.00. The second kappa shape index (κ2) is 5.19. The van der Waals surface area contributed by atoms with Gasteiger partial charge in [0, 0.05) is 10.9 Å². The van der Waals surface area contributed by atoms with E-state index in [9.17, 15) is 0 Å². The predicted molar refractivity (Wildman–Crippen MR) is 71.3 cm³/mol. The summed E-state index contributed by atoms with van der Waals surface area (Å²) in [6.45, 7) is 5.44. The van der Waals surface area contributed by atoms with Gasteiger partial charge in [-0.3, -0.25) is 0 Å². The summed E-state index contributed by atoms with van der Waals surface area (Å²) in [5, 5.41) is 4.84. The molecule has 0 spiro atoms. The molecule has 17 heavy (non-hydrogen) atoms. The molecule has 0 amide bonds. The molecule has 90 valence electrons. The van der Waals surface area contributed by atoms with Gasteiger partial charge in [0.2, 0.25) is 0 Å². The summed E-state index contributed by atoms with van der Waals surface area (Å²) in [7, 11) is 1.72. The normalized spacial score (nSPS) is 11.1. The number of methoxy groups -OCH3 is 1. The van der Waals surface area contributed by atoms with E-state index in [1.165, 1.54) is 16.3 Å². The van der Waals surface area contributed by atoms with Crippen LogP contribution in [0.15, 0.2) is 36.4 Å². The molecule has 2 aromatic rings. The number of rotatable bonds is 4. The van der Waals surface area contributed by atoms with Gasteiger partial charge in [-0.1, -0.05) is 24.3 Å². The van der Waals surface area contributed by atoms with Crippen LogP contribution in [0.1, 0.15) is 19.4 Å². The van der Waals surface area contributed by atoms with E-state index >= 15 is 0 Å². The number of nitrogens with two attached hydrogens (primary N) is 1. The molecule has 0 aliphatic rings. The molecule has 0 radical (unpaired) electrons. The van der Waals surface area contributed by atoms with Gasteiger partial charge in [0.15, 0.2) is 0 Å². The SMILES string of the molecule is COc1ccc(C[NH2+]C(C)C)c2ccccc12. The van der Waals surface area contributed by atoms with Gasteiger partial charge in [-0.25, -0.2) is 0 Å². The van der Waals surface area contributed by atoms with Crippen LogP contribution >= 0.6 is 0 Å². The quantitative estimate of drug-likeness (QED) is 0.857. The van der Waals surface area contributed by atoms with Crippen LogP contribution in [-0.4, -0.2) is 13.2 Å². The molecule has 2 aromatic carbocycles. The Morgan fingerprint density at radius 1 is 1.06 bits per heavy atom. The summed E-state index contributed by atoms with van der Waals surface area (Å²) in [6, 6.07) is 13.3. The zero-order valence-corrected chi connectivity index (χ0v) is 10.7. The van der Waals surface area contributed by atoms with Crippen molar-refractivity contribution in [3.05, 3.63) is 42.0 Å². The van der Waals surface area contributed by atoms with Crippen molar-refractivity contribution in [2.45, 2.75) is 26.4 Å². The number of hydrogen-bond acceptors (Lipinski definition) is 1. The maximum Gasteiger partial charge on any atom is 0.126 e. The molecule has 0 unspecified atom stereocenters. The Morgan fingerprint density at radius 2 is 1.76 bits per heavy atom. The van der Waals surface area contributed by atoms with Gasteiger partial charge in [-0.15, -0.1) is 0 Å². The van der Waals surface area contributed by atoms with Crippen molar-refractivity contribution in [3.8, 4) is 5.75 Å². The van der Waals surface area contributed by atoms with Crippen molar-refractivity contribution in [1.82, 2.24) is 0 Å². The highest BCUT2D eigenvalue weighted by atomic mass is 16.5. The van der Waals surface area contributed by atoms with Crippen molar-refractivity contribution < 1.29 is 10.1 Å². The fraction of sp³-hybridized carbons (Fsp3) is 0.333. The number of fused-ring (bicyclic) bond motifs is 1. The van der Waals surface area contributed by atoms with Crippen molar-refractivity contribution in [3.63, 3.8) is 0 Å². The molecule has 0 bridgehead atoms. The molecule has 0 fully saturated rings. The van der Waals surface area contributed by atoms with Crippen LogP contribution in [0.4, 0.5) is 0 Å². The molecule has 2 rings (SSSR count). The van der Waals surface area contributed by atoms with Gasteiger partial charge in [0.05, 0.1) is 13.2 Å². The first-order chi connectivity index (χ1) is 8.22. The van der Waals surface area contributed by atoms with Gasteiger partial charge in [-0.05, 0) is 31.4 Å². The van der Waals surface area contributed by atoms with Gasteiger partial charge in [0.25, 0.3) is 0 Å². The molecule has 0 aromatic heterocycles. The van der Waals surface area contributed by atoms with Gasteiger partial charge >= 0.3 is 0 Å². The van der Waals surface area contributed by atoms with Crippen molar-refractivity contribution in [1.29, 1.82) is 0 Å². The van der Waals surface area contributed by atoms with E-state index in [0.29, 0.717) is 6.04 Å². The maximum atomic E-state index is 5.40. The van der Waals surface area contributed by atoms with E-state index in [0.717, 1.165) is 12.3 Å². The fourth-order valence-corrected chi connectivity index (χ4v) is 2.05. The summed E-state index contributed by atoms with van der Waals surface area (Å²) in [5.41, 5.74) is 1.37. The first-order valence-electron chi connectivity index (χ1n) is 6.10. The smallest absolute Gasteiger partial charge is 0.126 e. The lowest BCUT2D eigenvalue weighted by Crippen LogP contribution is -2.86. The molecule has 2 heteroatoms. The number of hydrogen-bond donors (Lipinski definition) is 1. The molecule has 2 N–H and O–H groups in total. The van der Waals surface area contributed by atoms with Crippen LogP contribution in [-0.2, 0) is 6.54 Å². The van der Waals surface area contributed by atoms with Crippen molar-refractivity contribution >= 4 is 10.8 Å². The fourth-order valence-electron chi connectivity index (χ4n) is 2.05. The van der Waals surface area contributed by atoms with E-state index < -0.39 is 0 Å². The maximum absolute atomic E-state index is 5.40. The molecule has 0 aliphatic carbocycles. The van der Waals surface area contributed by atoms with Crippen LogP contribution < -0.4 is 10.1 Å². The highest BCUT2D eigenvalue weighted by Crippen LogP contribution is 2.27. The zero-order chi connectivity index (χ0) is 12.3. The minimum Gasteiger partial charge on any atom is -0.496 e. The van der Waals surface area contributed by atoms with Crippen molar-refractivity contribution in [2.24, 2.45) is 0 Å². The van der Waals surface area contributed by atoms with Crippen LogP contribution in [0.2, 0.25) is 0 Å². The lowest BCUT2D eigenvalue weighted by Gasteiger charge is -2.11. The van der Waals surface area contributed by atoms with E-state index in [2.05, 4.69) is 55.6 Å². The Labute approximate surface area is 103 Å². The Kier molecular flexibility index (Phi) is 3.64. The standard InChI is InChI=1S/C15H19NO/c1-11(2)16-10-12-8-9-15(17-3)14-7-5-4-6-13(12)14/h4-9,11,16H,10H2,1-3H3/p+1. The average Bonchev–Trinajstić information content (AvgIpc) is 2.35. The third kappa shape index (κ3) is 2.59. The molecule has 0 saturated carbocycles. The van der Waals surface area contributed by atoms with E-state index in [1.54, 1.807) is 7.11 Å². The Bertz CT molecular complexity index is 505.